The Morgan fingerprint density at radius 1 is 0.944 bits per heavy atom. The molecular formula is C29H28FN3O2S. The summed E-state index contributed by atoms with van der Waals surface area (Å²) in [6.45, 7) is 2.39. The Kier molecular flexibility index (Phi) is 8.71. The van der Waals surface area contributed by atoms with Crippen molar-refractivity contribution in [3.05, 3.63) is 113 Å². The molecule has 0 aliphatic rings. The monoisotopic (exact) mass is 501 g/mol. The van der Waals surface area contributed by atoms with Crippen LogP contribution in [0.15, 0.2) is 84.9 Å². The molecule has 1 aromatic heterocycles. The first kappa shape index (κ1) is 25.4. The number of aromatic nitrogens is 1. The molecule has 0 aliphatic heterocycles. The van der Waals surface area contributed by atoms with Crippen LogP contribution in [0, 0.1) is 12.7 Å². The largest absolute Gasteiger partial charge is 0.351 e. The number of ketones is 1. The number of amides is 1. The van der Waals surface area contributed by atoms with Gasteiger partial charge in [0.15, 0.2) is 5.78 Å². The van der Waals surface area contributed by atoms with Crippen LogP contribution in [0.2, 0.25) is 0 Å². The van der Waals surface area contributed by atoms with Crippen molar-refractivity contribution in [1.82, 2.24) is 15.6 Å². The molecule has 4 rings (SSSR count). The molecule has 5 nitrogen and oxygen atoms in total. The van der Waals surface area contributed by atoms with Gasteiger partial charge in [0.05, 0.1) is 16.4 Å². The van der Waals surface area contributed by atoms with Gasteiger partial charge in [0.2, 0.25) is 0 Å². The molecule has 0 saturated heterocycles. The van der Waals surface area contributed by atoms with E-state index in [1.54, 1.807) is 37.3 Å². The van der Waals surface area contributed by atoms with Gasteiger partial charge in [0.25, 0.3) is 5.91 Å². The van der Waals surface area contributed by atoms with Gasteiger partial charge in [-0.05, 0) is 31.4 Å². The van der Waals surface area contributed by atoms with Crippen LogP contribution in [-0.2, 0) is 6.42 Å². The zero-order valence-corrected chi connectivity index (χ0v) is 20.9. The van der Waals surface area contributed by atoms with Crippen LogP contribution in [0.4, 0.5) is 4.39 Å². The van der Waals surface area contributed by atoms with Crippen molar-refractivity contribution in [2.75, 3.05) is 13.1 Å². The summed E-state index contributed by atoms with van der Waals surface area (Å²) in [5, 5.41) is 7.00. The minimum Gasteiger partial charge on any atom is -0.351 e. The van der Waals surface area contributed by atoms with Crippen molar-refractivity contribution in [3.8, 4) is 10.4 Å². The number of Topliss-reactive ketones (excluding diaryl/α,β-unsaturated/α-hetero) is 1. The number of nitrogens with one attached hydrogen (secondary N) is 2. The van der Waals surface area contributed by atoms with E-state index in [0.717, 1.165) is 12.0 Å². The second kappa shape index (κ2) is 12.3. The molecule has 184 valence electrons. The molecule has 0 spiro atoms. The minimum absolute atomic E-state index is 0.0187. The molecular weight excluding hydrogens is 473 g/mol. The normalized spacial score (nSPS) is 11.7. The minimum atomic E-state index is -0.384. The second-order valence-electron chi connectivity index (χ2n) is 8.49. The first-order valence-corrected chi connectivity index (χ1v) is 12.7. The number of hydrogen-bond donors (Lipinski definition) is 2. The number of halogens is 1. The summed E-state index contributed by atoms with van der Waals surface area (Å²) < 4.78 is 14.4. The molecule has 0 saturated carbocycles. The summed E-state index contributed by atoms with van der Waals surface area (Å²) in [6.07, 6.45) is 1.33. The predicted octanol–water partition coefficient (Wildman–Crippen LogP) is 5.46. The highest BCUT2D eigenvalue weighted by Gasteiger charge is 2.21. The standard InChI is InChI=1S/C29H28FN3O2S/c1-20-33-27(28(36-20)24-14-8-9-15-25(24)30)29(35)31-17-16-23(18-21-10-4-2-5-11-21)32-19-26(34)22-12-6-3-7-13-22/h2-15,23,32H,16-19H2,1H3,(H,31,35). The summed E-state index contributed by atoms with van der Waals surface area (Å²) in [5.74, 6) is -0.702. The lowest BCUT2D eigenvalue weighted by Gasteiger charge is -2.19. The maximum absolute atomic E-state index is 14.4. The molecule has 0 aliphatic carbocycles. The Morgan fingerprint density at radius 3 is 2.33 bits per heavy atom. The zero-order chi connectivity index (χ0) is 25.3. The third-order valence-electron chi connectivity index (χ3n) is 5.82. The van der Waals surface area contributed by atoms with Gasteiger partial charge in [-0.3, -0.25) is 9.59 Å². The molecule has 0 bridgehead atoms. The van der Waals surface area contributed by atoms with Gasteiger partial charge in [-0.25, -0.2) is 9.37 Å². The van der Waals surface area contributed by atoms with Crippen molar-refractivity contribution in [2.45, 2.75) is 25.8 Å². The molecule has 1 heterocycles. The van der Waals surface area contributed by atoms with Crippen molar-refractivity contribution in [1.29, 1.82) is 0 Å². The summed E-state index contributed by atoms with van der Waals surface area (Å²) in [6, 6.07) is 25.6. The molecule has 0 radical (unpaired) electrons. The highest BCUT2D eigenvalue weighted by Crippen LogP contribution is 2.32. The number of nitrogens with zero attached hydrogens (tertiary/aromatic N) is 1. The molecule has 3 aromatic carbocycles. The average molecular weight is 502 g/mol. The van der Waals surface area contributed by atoms with E-state index in [2.05, 4.69) is 15.6 Å². The van der Waals surface area contributed by atoms with Crippen molar-refractivity contribution in [2.24, 2.45) is 0 Å². The van der Waals surface area contributed by atoms with Crippen LogP contribution in [0.3, 0.4) is 0 Å². The summed E-state index contributed by atoms with van der Waals surface area (Å²) in [5.41, 5.74) is 2.41. The lowest BCUT2D eigenvalue weighted by atomic mass is 10.0. The van der Waals surface area contributed by atoms with Crippen LogP contribution in [-0.4, -0.2) is 35.8 Å². The van der Waals surface area contributed by atoms with Crippen LogP contribution in [0.1, 0.15) is 37.8 Å². The predicted molar refractivity (Wildman–Crippen MR) is 142 cm³/mol. The van der Waals surface area contributed by atoms with Crippen molar-refractivity contribution < 1.29 is 14.0 Å². The van der Waals surface area contributed by atoms with Gasteiger partial charge in [-0.2, -0.15) is 0 Å². The summed E-state index contributed by atoms with van der Waals surface area (Å²) >= 11 is 1.30. The van der Waals surface area contributed by atoms with Gasteiger partial charge >= 0.3 is 0 Å². The van der Waals surface area contributed by atoms with E-state index in [4.69, 9.17) is 0 Å². The number of thiazole rings is 1. The fourth-order valence-electron chi connectivity index (χ4n) is 3.99. The van der Waals surface area contributed by atoms with Gasteiger partial charge in [-0.15, -0.1) is 11.3 Å². The Balaban J connectivity index is 1.40. The van der Waals surface area contributed by atoms with Crippen molar-refractivity contribution >= 4 is 23.0 Å². The number of aryl methyl sites for hydroxylation is 1. The third-order valence-corrected chi connectivity index (χ3v) is 6.82. The van der Waals surface area contributed by atoms with E-state index in [1.165, 1.54) is 17.4 Å². The van der Waals surface area contributed by atoms with E-state index in [-0.39, 0.29) is 35.8 Å². The molecule has 0 fully saturated rings. The van der Waals surface area contributed by atoms with E-state index < -0.39 is 0 Å². The lowest BCUT2D eigenvalue weighted by molar-refractivity contribution is 0.0943. The van der Waals surface area contributed by atoms with Gasteiger partial charge in [0, 0.05) is 23.7 Å². The first-order chi connectivity index (χ1) is 17.5. The van der Waals surface area contributed by atoms with Crippen LogP contribution < -0.4 is 10.6 Å². The quantitative estimate of drug-likeness (QED) is 0.268. The average Bonchev–Trinajstić information content (AvgIpc) is 3.29. The first-order valence-electron chi connectivity index (χ1n) is 11.9. The Morgan fingerprint density at radius 2 is 1.61 bits per heavy atom. The van der Waals surface area contributed by atoms with E-state index in [9.17, 15) is 14.0 Å². The van der Waals surface area contributed by atoms with Crippen LogP contribution >= 0.6 is 11.3 Å². The Labute approximate surface area is 214 Å². The van der Waals surface area contributed by atoms with Crippen LogP contribution in [0.5, 0.6) is 0 Å². The number of hydrogen-bond acceptors (Lipinski definition) is 5. The van der Waals surface area contributed by atoms with E-state index in [0.29, 0.717) is 34.0 Å². The fourth-order valence-corrected chi connectivity index (χ4v) is 4.93. The molecule has 2 N–H and O–H groups in total. The molecule has 1 atom stereocenters. The van der Waals surface area contributed by atoms with Crippen molar-refractivity contribution in [3.63, 3.8) is 0 Å². The maximum Gasteiger partial charge on any atom is 0.271 e. The SMILES string of the molecule is Cc1nc(C(=O)NCCC(Cc2ccccc2)NCC(=O)c2ccccc2)c(-c2ccccc2F)s1. The van der Waals surface area contributed by atoms with Gasteiger partial charge in [0.1, 0.15) is 11.5 Å². The molecule has 36 heavy (non-hydrogen) atoms. The highest BCUT2D eigenvalue weighted by atomic mass is 32.1. The number of carbonyl (C=O) groups excluding carboxylic acids is 2. The molecule has 7 heteroatoms. The fraction of sp³-hybridized carbons (Fsp3) is 0.207. The highest BCUT2D eigenvalue weighted by molar-refractivity contribution is 7.15. The lowest BCUT2D eigenvalue weighted by Crippen LogP contribution is -2.38. The number of carbonyl (C=O) groups is 2. The topological polar surface area (TPSA) is 71.1 Å². The van der Waals surface area contributed by atoms with Crippen LogP contribution in [0.25, 0.3) is 10.4 Å². The number of rotatable bonds is 11. The Hall–Kier alpha value is -3.68. The number of benzene rings is 3. The van der Waals surface area contributed by atoms with E-state index in [1.807, 2.05) is 48.5 Å². The Bertz CT molecular complexity index is 1310. The second-order valence-corrected chi connectivity index (χ2v) is 9.69. The summed E-state index contributed by atoms with van der Waals surface area (Å²) in [7, 11) is 0. The van der Waals surface area contributed by atoms with Gasteiger partial charge in [-0.1, -0.05) is 78.9 Å². The zero-order valence-electron chi connectivity index (χ0n) is 20.0. The molecule has 1 unspecified atom stereocenters. The molecule has 1 amide bonds. The smallest absolute Gasteiger partial charge is 0.271 e. The van der Waals surface area contributed by atoms with E-state index >= 15 is 0 Å². The summed E-state index contributed by atoms with van der Waals surface area (Å²) in [4.78, 5) is 30.5. The third kappa shape index (κ3) is 6.71. The molecule has 4 aromatic rings. The van der Waals surface area contributed by atoms with Gasteiger partial charge < -0.3 is 10.6 Å². The maximum atomic E-state index is 14.4.